The molecule has 0 aromatic heterocycles. The highest BCUT2D eigenvalue weighted by molar-refractivity contribution is 9.10. The lowest BCUT2D eigenvalue weighted by Crippen LogP contribution is -1.97. The number of benzene rings is 1. The van der Waals surface area contributed by atoms with E-state index in [0.29, 0.717) is 0 Å². The van der Waals surface area contributed by atoms with Gasteiger partial charge in [-0.25, -0.2) is 8.78 Å². The predicted octanol–water partition coefficient (Wildman–Crippen LogP) is 4.24. The zero-order chi connectivity index (χ0) is 10.9. The molecule has 1 aromatic rings. The van der Waals surface area contributed by atoms with Gasteiger partial charge in [0.05, 0.1) is 5.02 Å². The lowest BCUT2D eigenvalue weighted by atomic mass is 10.1. The SMILES string of the molecule is CC(=O)c1ccc(C(F)F)c(Br)c1Cl. The second-order valence-electron chi connectivity index (χ2n) is 2.69. The number of rotatable bonds is 2. The summed E-state index contributed by atoms with van der Waals surface area (Å²) in [5, 5.41) is 0.0373. The van der Waals surface area contributed by atoms with Crippen LogP contribution in [-0.4, -0.2) is 5.78 Å². The van der Waals surface area contributed by atoms with E-state index in [-0.39, 0.29) is 26.4 Å². The molecule has 0 amide bonds. The largest absolute Gasteiger partial charge is 0.294 e. The van der Waals surface area contributed by atoms with E-state index in [2.05, 4.69) is 15.9 Å². The number of hydrogen-bond donors (Lipinski definition) is 0. The zero-order valence-corrected chi connectivity index (χ0v) is 9.49. The average Bonchev–Trinajstić information content (AvgIpc) is 2.08. The van der Waals surface area contributed by atoms with Crippen molar-refractivity contribution in [3.05, 3.63) is 32.8 Å². The molecule has 0 radical (unpaired) electrons. The summed E-state index contributed by atoms with van der Waals surface area (Å²) >= 11 is 8.67. The van der Waals surface area contributed by atoms with Crippen LogP contribution >= 0.6 is 27.5 Å². The van der Waals surface area contributed by atoms with Crippen molar-refractivity contribution in [3.63, 3.8) is 0 Å². The average molecular weight is 283 g/mol. The minimum absolute atomic E-state index is 0.0373. The summed E-state index contributed by atoms with van der Waals surface area (Å²) in [6.45, 7) is 1.33. The standard InChI is InChI=1S/C9H6BrClF2O/c1-4(14)5-2-3-6(9(12)13)7(10)8(5)11/h2-3,9H,1H3. The Kier molecular flexibility index (Phi) is 3.61. The van der Waals surface area contributed by atoms with Crippen molar-refractivity contribution in [2.45, 2.75) is 13.3 Å². The van der Waals surface area contributed by atoms with Crippen LogP contribution in [0.4, 0.5) is 8.78 Å². The third kappa shape index (κ3) is 2.12. The molecule has 0 aliphatic carbocycles. The Morgan fingerprint density at radius 1 is 1.50 bits per heavy atom. The van der Waals surface area contributed by atoms with Gasteiger partial charge in [0.15, 0.2) is 5.78 Å². The minimum atomic E-state index is -2.61. The van der Waals surface area contributed by atoms with Crippen molar-refractivity contribution in [3.8, 4) is 0 Å². The fourth-order valence-electron chi connectivity index (χ4n) is 1.00. The van der Waals surface area contributed by atoms with E-state index in [4.69, 9.17) is 11.6 Å². The molecular weight excluding hydrogens is 277 g/mol. The van der Waals surface area contributed by atoms with Gasteiger partial charge >= 0.3 is 0 Å². The van der Waals surface area contributed by atoms with Gasteiger partial charge in [-0.2, -0.15) is 0 Å². The molecule has 0 bridgehead atoms. The van der Waals surface area contributed by atoms with Crippen molar-refractivity contribution in [2.24, 2.45) is 0 Å². The molecular formula is C9H6BrClF2O. The molecule has 0 N–H and O–H groups in total. The molecule has 0 heterocycles. The lowest BCUT2D eigenvalue weighted by Gasteiger charge is -2.07. The lowest BCUT2D eigenvalue weighted by molar-refractivity contribution is 0.101. The molecule has 5 heteroatoms. The summed E-state index contributed by atoms with van der Waals surface area (Å²) in [5.41, 5.74) is 0.0305. The zero-order valence-electron chi connectivity index (χ0n) is 7.15. The maximum atomic E-state index is 12.4. The maximum Gasteiger partial charge on any atom is 0.264 e. The maximum absolute atomic E-state index is 12.4. The van der Waals surface area contributed by atoms with Crippen LogP contribution in [0.25, 0.3) is 0 Å². The molecule has 0 spiro atoms. The predicted molar refractivity (Wildman–Crippen MR) is 54.1 cm³/mol. The summed E-state index contributed by atoms with van der Waals surface area (Å²) in [7, 11) is 0. The molecule has 1 aromatic carbocycles. The fraction of sp³-hybridized carbons (Fsp3) is 0.222. The van der Waals surface area contributed by atoms with Crippen LogP contribution in [0, 0.1) is 0 Å². The van der Waals surface area contributed by atoms with E-state index in [1.54, 1.807) is 0 Å². The smallest absolute Gasteiger partial charge is 0.264 e. The molecule has 0 aliphatic rings. The number of alkyl halides is 2. The number of carbonyl (C=O) groups is 1. The topological polar surface area (TPSA) is 17.1 Å². The van der Waals surface area contributed by atoms with Gasteiger partial charge in [-0.15, -0.1) is 0 Å². The van der Waals surface area contributed by atoms with Crippen LogP contribution in [0.15, 0.2) is 16.6 Å². The van der Waals surface area contributed by atoms with Gasteiger partial charge in [-0.3, -0.25) is 4.79 Å². The summed E-state index contributed by atoms with van der Waals surface area (Å²) in [6.07, 6.45) is -2.61. The third-order valence-electron chi connectivity index (χ3n) is 1.73. The first-order valence-corrected chi connectivity index (χ1v) is 4.89. The van der Waals surface area contributed by atoms with Crippen molar-refractivity contribution in [2.75, 3.05) is 0 Å². The van der Waals surface area contributed by atoms with Crippen LogP contribution in [0.3, 0.4) is 0 Å². The van der Waals surface area contributed by atoms with E-state index in [1.807, 2.05) is 0 Å². The number of halogens is 4. The molecule has 0 atom stereocenters. The Bertz CT molecular complexity index is 379. The first-order valence-electron chi connectivity index (χ1n) is 3.72. The van der Waals surface area contributed by atoms with E-state index in [9.17, 15) is 13.6 Å². The Balaban J connectivity index is 3.33. The summed E-state index contributed by atoms with van der Waals surface area (Å²) in [6, 6.07) is 2.49. The molecule has 1 nitrogen and oxygen atoms in total. The second kappa shape index (κ2) is 4.36. The van der Waals surface area contributed by atoms with Gasteiger partial charge in [-0.1, -0.05) is 17.7 Å². The highest BCUT2D eigenvalue weighted by atomic mass is 79.9. The molecule has 0 saturated heterocycles. The number of ketones is 1. The quantitative estimate of drug-likeness (QED) is 0.742. The molecule has 76 valence electrons. The monoisotopic (exact) mass is 282 g/mol. The van der Waals surface area contributed by atoms with Gasteiger partial charge in [0.25, 0.3) is 6.43 Å². The molecule has 0 fully saturated rings. The third-order valence-corrected chi connectivity index (χ3v) is 3.20. The Labute approximate surface area is 93.2 Å². The second-order valence-corrected chi connectivity index (χ2v) is 3.86. The Morgan fingerprint density at radius 2 is 2.07 bits per heavy atom. The first kappa shape index (κ1) is 11.6. The van der Waals surface area contributed by atoms with E-state index in [1.165, 1.54) is 19.1 Å². The van der Waals surface area contributed by atoms with Gasteiger partial charge < -0.3 is 0 Å². The highest BCUT2D eigenvalue weighted by Gasteiger charge is 2.17. The summed E-state index contributed by atoms with van der Waals surface area (Å²) < 4.78 is 24.8. The van der Waals surface area contributed by atoms with Gasteiger partial charge in [-0.05, 0) is 28.9 Å². The fourth-order valence-corrected chi connectivity index (χ4v) is 1.83. The molecule has 1 rings (SSSR count). The van der Waals surface area contributed by atoms with Gasteiger partial charge in [0.2, 0.25) is 0 Å². The van der Waals surface area contributed by atoms with Crippen molar-refractivity contribution in [1.29, 1.82) is 0 Å². The molecule has 14 heavy (non-hydrogen) atoms. The molecule has 0 aliphatic heterocycles. The van der Waals surface area contributed by atoms with Crippen LogP contribution in [-0.2, 0) is 0 Å². The van der Waals surface area contributed by atoms with Crippen molar-refractivity contribution < 1.29 is 13.6 Å². The number of carbonyl (C=O) groups excluding carboxylic acids is 1. The van der Waals surface area contributed by atoms with Crippen molar-refractivity contribution in [1.82, 2.24) is 0 Å². The number of Topliss-reactive ketones (excluding diaryl/α,β-unsaturated/α-hetero) is 1. The van der Waals surface area contributed by atoms with Gasteiger partial charge in [0, 0.05) is 15.6 Å². The van der Waals surface area contributed by atoms with Gasteiger partial charge in [0.1, 0.15) is 0 Å². The highest BCUT2D eigenvalue weighted by Crippen LogP contribution is 2.35. The molecule has 0 saturated carbocycles. The van der Waals surface area contributed by atoms with Crippen molar-refractivity contribution >= 4 is 33.3 Å². The van der Waals surface area contributed by atoms with E-state index >= 15 is 0 Å². The minimum Gasteiger partial charge on any atom is -0.294 e. The molecule has 0 unspecified atom stereocenters. The first-order chi connectivity index (χ1) is 6.45. The van der Waals surface area contributed by atoms with E-state index < -0.39 is 6.43 Å². The van der Waals surface area contributed by atoms with Crippen LogP contribution in [0.1, 0.15) is 29.3 Å². The summed E-state index contributed by atoms with van der Waals surface area (Å²) in [5.74, 6) is -0.253. The van der Waals surface area contributed by atoms with Crippen LogP contribution in [0.2, 0.25) is 5.02 Å². The Hall–Kier alpha value is -0.480. The van der Waals surface area contributed by atoms with Crippen LogP contribution in [0.5, 0.6) is 0 Å². The van der Waals surface area contributed by atoms with Crippen LogP contribution < -0.4 is 0 Å². The normalized spacial score (nSPS) is 10.7. The van der Waals surface area contributed by atoms with E-state index in [0.717, 1.165) is 0 Å². The number of hydrogen-bond acceptors (Lipinski definition) is 1. The Morgan fingerprint density at radius 3 is 2.50 bits per heavy atom. The summed E-state index contributed by atoms with van der Waals surface area (Å²) in [4.78, 5) is 11.0.